The zero-order chi connectivity index (χ0) is 10.5. The Bertz CT molecular complexity index is 423. The van der Waals surface area contributed by atoms with Crippen LogP contribution in [0.5, 0.6) is 0 Å². The highest BCUT2D eigenvalue weighted by molar-refractivity contribution is 9.16. The molecule has 1 atom stereocenters. The molecule has 0 bridgehead atoms. The number of hydrogen-bond donors (Lipinski definition) is 1. The summed E-state index contributed by atoms with van der Waals surface area (Å²) in [5.74, 6) is 0. The normalized spacial score (nSPS) is 26.4. The molecule has 2 amide bonds. The lowest BCUT2D eigenvalue weighted by molar-refractivity contribution is 0.253. The van der Waals surface area contributed by atoms with E-state index in [0.717, 1.165) is 13.4 Å². The molecule has 0 saturated heterocycles. The zero-order valence-corrected chi connectivity index (χ0v) is 12.8. The molecule has 0 fully saturated rings. The monoisotopic (exact) mass is 446 g/mol. The number of aliphatic imine (C=N–C) groups is 1. The van der Waals surface area contributed by atoms with Crippen molar-refractivity contribution in [1.29, 1.82) is 0 Å². The number of nitrogens with zero attached hydrogens (tertiary/aromatic N) is 1. The van der Waals surface area contributed by atoms with E-state index in [0.29, 0.717) is 11.4 Å². The van der Waals surface area contributed by atoms with E-state index in [1.54, 1.807) is 0 Å². The summed E-state index contributed by atoms with van der Waals surface area (Å²) < 4.78 is 2.55. The summed E-state index contributed by atoms with van der Waals surface area (Å²) in [6.07, 6.45) is 0. The van der Waals surface area contributed by atoms with Gasteiger partial charge in [-0.3, -0.25) is 0 Å². The van der Waals surface area contributed by atoms with E-state index in [1.807, 2.05) is 0 Å². The van der Waals surface area contributed by atoms with Crippen molar-refractivity contribution in [3.63, 3.8) is 0 Å². The second-order valence-electron chi connectivity index (χ2n) is 2.64. The summed E-state index contributed by atoms with van der Waals surface area (Å²) in [6.45, 7) is 0. The summed E-state index contributed by atoms with van der Waals surface area (Å²) in [5, 5.41) is 2.66. The first-order valence-corrected chi connectivity index (χ1v) is 6.81. The molecule has 2 rings (SSSR count). The van der Waals surface area contributed by atoms with Crippen molar-refractivity contribution in [3.05, 3.63) is 19.1 Å². The molecule has 0 radical (unpaired) electrons. The van der Waals surface area contributed by atoms with Crippen LogP contribution < -0.4 is 5.32 Å². The van der Waals surface area contributed by atoms with Crippen molar-refractivity contribution in [1.82, 2.24) is 5.32 Å². The van der Waals surface area contributed by atoms with Gasteiger partial charge in [0.15, 0.2) is 0 Å². The van der Waals surface area contributed by atoms with Crippen LogP contribution in [0.4, 0.5) is 4.79 Å². The highest BCUT2D eigenvalue weighted by Gasteiger charge is 2.34. The Hall–Kier alpha value is 0.540. The Labute approximate surface area is 114 Å². The van der Waals surface area contributed by atoms with Gasteiger partial charge in [-0.1, -0.05) is 47.8 Å². The minimum absolute atomic E-state index is 0.00391. The fourth-order valence-electron chi connectivity index (χ4n) is 1.15. The smallest absolute Gasteiger partial charge is 0.303 e. The van der Waals surface area contributed by atoms with Gasteiger partial charge < -0.3 is 5.32 Å². The van der Waals surface area contributed by atoms with E-state index in [4.69, 9.17) is 0 Å². The maximum Gasteiger partial charge on any atom is 0.346 e. The quantitative estimate of drug-likeness (QED) is 0.565. The Balaban J connectivity index is 2.61. The van der Waals surface area contributed by atoms with Gasteiger partial charge in [0.2, 0.25) is 0 Å². The van der Waals surface area contributed by atoms with Gasteiger partial charge in [-0.25, -0.2) is 4.79 Å². The molecule has 14 heavy (non-hydrogen) atoms. The van der Waals surface area contributed by atoms with E-state index in [-0.39, 0.29) is 10.9 Å². The first-order chi connectivity index (χ1) is 6.52. The van der Waals surface area contributed by atoms with Gasteiger partial charge in [-0.2, -0.15) is 4.99 Å². The zero-order valence-electron chi connectivity index (χ0n) is 6.44. The fraction of sp³-hybridized carbons (Fsp3) is 0.143. The largest absolute Gasteiger partial charge is 0.346 e. The van der Waals surface area contributed by atoms with Crippen molar-refractivity contribution >= 4 is 75.5 Å². The number of allylic oxidation sites excluding steroid dienone is 3. The standard InChI is InChI=1S/C7H2Br4N2O/c8-1-2(9)4(11)6-5(3(1)10)12-7(14)13-6/h1H,(H,12,14). The molecule has 1 aliphatic heterocycles. The number of rotatable bonds is 0. The van der Waals surface area contributed by atoms with Gasteiger partial charge >= 0.3 is 6.03 Å². The third-order valence-corrected chi connectivity index (χ3v) is 6.97. The van der Waals surface area contributed by atoms with Crippen LogP contribution in [0.15, 0.2) is 24.1 Å². The third-order valence-electron chi connectivity index (χ3n) is 1.78. The number of fused-ring (bicyclic) bond motifs is 1. The fourth-order valence-corrected chi connectivity index (χ4v) is 3.67. The number of hydrogen-bond acceptors (Lipinski definition) is 1. The van der Waals surface area contributed by atoms with Crippen LogP contribution >= 0.6 is 63.7 Å². The van der Waals surface area contributed by atoms with Gasteiger partial charge in [0, 0.05) is 8.96 Å². The number of halogens is 4. The van der Waals surface area contributed by atoms with Crippen molar-refractivity contribution in [3.8, 4) is 0 Å². The summed E-state index contributed by atoms with van der Waals surface area (Å²) in [5.41, 5.74) is 1.34. The highest BCUT2D eigenvalue weighted by atomic mass is 79.9. The van der Waals surface area contributed by atoms with E-state index in [9.17, 15) is 4.79 Å². The first kappa shape index (κ1) is 11.0. The number of urea groups is 1. The average molecular weight is 450 g/mol. The maximum absolute atomic E-state index is 11.1. The lowest BCUT2D eigenvalue weighted by Crippen LogP contribution is -2.22. The summed E-state index contributed by atoms with van der Waals surface area (Å²) >= 11 is 13.7. The van der Waals surface area contributed by atoms with Crippen LogP contribution in [0, 0.1) is 0 Å². The van der Waals surface area contributed by atoms with Crippen LogP contribution in [0.1, 0.15) is 0 Å². The molecule has 0 saturated carbocycles. The molecular weight excluding hydrogens is 448 g/mol. The molecule has 2 aliphatic rings. The molecule has 1 aliphatic carbocycles. The summed E-state index contributed by atoms with van der Waals surface area (Å²) in [6, 6.07) is -0.342. The predicted molar refractivity (Wildman–Crippen MR) is 69.5 cm³/mol. The summed E-state index contributed by atoms with van der Waals surface area (Å²) in [4.78, 5) is 14.9. The third kappa shape index (κ3) is 1.58. The first-order valence-electron chi connectivity index (χ1n) is 3.51. The lowest BCUT2D eigenvalue weighted by atomic mass is 10.1. The van der Waals surface area contributed by atoms with Crippen LogP contribution in [-0.2, 0) is 0 Å². The van der Waals surface area contributed by atoms with Gasteiger partial charge in [0.1, 0.15) is 5.71 Å². The highest BCUT2D eigenvalue weighted by Crippen LogP contribution is 2.41. The SMILES string of the molecule is O=C1N=C2C(Br)=C(Br)C(Br)C(Br)=C2N1. The van der Waals surface area contributed by atoms with E-state index in [2.05, 4.69) is 74.0 Å². The number of alkyl halides is 1. The van der Waals surface area contributed by atoms with Crippen molar-refractivity contribution in [2.75, 3.05) is 0 Å². The Morgan fingerprint density at radius 1 is 1.21 bits per heavy atom. The number of amides is 2. The van der Waals surface area contributed by atoms with Crippen molar-refractivity contribution in [2.24, 2.45) is 4.99 Å². The molecule has 0 aromatic carbocycles. The molecule has 0 aromatic heterocycles. The van der Waals surface area contributed by atoms with Crippen molar-refractivity contribution < 1.29 is 4.79 Å². The summed E-state index contributed by atoms with van der Waals surface area (Å²) in [7, 11) is 0. The minimum Gasteiger partial charge on any atom is -0.303 e. The van der Waals surface area contributed by atoms with Crippen LogP contribution in [0.2, 0.25) is 0 Å². The van der Waals surface area contributed by atoms with Gasteiger partial charge in [-0.05, 0) is 15.9 Å². The Morgan fingerprint density at radius 2 is 1.86 bits per heavy atom. The molecule has 1 N–H and O–H groups in total. The molecule has 7 heteroatoms. The van der Waals surface area contributed by atoms with E-state index >= 15 is 0 Å². The molecule has 74 valence electrons. The Kier molecular flexibility index (Phi) is 3.03. The molecule has 0 aromatic rings. The van der Waals surface area contributed by atoms with E-state index in [1.165, 1.54) is 0 Å². The van der Waals surface area contributed by atoms with Gasteiger partial charge in [-0.15, -0.1) is 0 Å². The second-order valence-corrected chi connectivity index (χ2v) is 6.06. The average Bonchev–Trinajstić information content (AvgIpc) is 2.54. The Morgan fingerprint density at radius 3 is 2.50 bits per heavy atom. The minimum atomic E-state index is -0.342. The molecule has 3 nitrogen and oxygen atoms in total. The van der Waals surface area contributed by atoms with Crippen LogP contribution in [0.3, 0.4) is 0 Å². The molecular formula is C7H2Br4N2O. The van der Waals surface area contributed by atoms with E-state index < -0.39 is 0 Å². The second kappa shape index (κ2) is 3.84. The van der Waals surface area contributed by atoms with Gasteiger partial charge in [0.25, 0.3) is 0 Å². The lowest BCUT2D eigenvalue weighted by Gasteiger charge is -2.19. The van der Waals surface area contributed by atoms with Crippen molar-refractivity contribution in [2.45, 2.75) is 4.83 Å². The number of carbonyl (C=O) groups is 1. The van der Waals surface area contributed by atoms with Crippen LogP contribution in [0.25, 0.3) is 0 Å². The number of carbonyl (C=O) groups excluding carboxylic acids is 1. The molecule has 0 spiro atoms. The maximum atomic E-state index is 11.1. The van der Waals surface area contributed by atoms with Gasteiger partial charge in [0.05, 0.1) is 15.0 Å². The predicted octanol–water partition coefficient (Wildman–Crippen LogP) is 3.54. The topological polar surface area (TPSA) is 41.5 Å². The van der Waals surface area contributed by atoms with Crippen LogP contribution in [-0.4, -0.2) is 16.6 Å². The number of nitrogens with one attached hydrogen (secondary N) is 1. The molecule has 1 heterocycles. The molecule has 1 unspecified atom stereocenters.